The molecule has 2 fully saturated rings. The van der Waals surface area contributed by atoms with E-state index in [2.05, 4.69) is 26.0 Å². The van der Waals surface area contributed by atoms with Crippen molar-refractivity contribution in [1.29, 1.82) is 0 Å². The van der Waals surface area contributed by atoms with Crippen molar-refractivity contribution in [3.05, 3.63) is 29.8 Å². The molecule has 2 saturated heterocycles. The zero-order valence-electron chi connectivity index (χ0n) is 12.7. The van der Waals surface area contributed by atoms with Crippen LogP contribution < -0.4 is 4.90 Å². The number of carbonyl (C=O) groups excluding carboxylic acids is 2. The Kier molecular flexibility index (Phi) is 3.70. The van der Waals surface area contributed by atoms with Crippen LogP contribution in [0.2, 0.25) is 0 Å². The molecule has 1 aromatic rings. The molecule has 2 heterocycles. The molecule has 0 aromatic heterocycles. The number of carbonyl (C=O) groups is 2. The Labute approximate surface area is 125 Å². The molecule has 0 saturated carbocycles. The van der Waals surface area contributed by atoms with Crippen molar-refractivity contribution in [2.24, 2.45) is 0 Å². The van der Waals surface area contributed by atoms with E-state index in [0.29, 0.717) is 18.9 Å². The van der Waals surface area contributed by atoms with Crippen LogP contribution in [0.3, 0.4) is 0 Å². The molecule has 112 valence electrons. The highest BCUT2D eigenvalue weighted by molar-refractivity contribution is 6.01. The quantitative estimate of drug-likeness (QED) is 0.838. The zero-order valence-corrected chi connectivity index (χ0v) is 12.7. The van der Waals surface area contributed by atoms with Gasteiger partial charge < -0.3 is 9.80 Å². The lowest BCUT2D eigenvalue weighted by Crippen LogP contribution is -2.43. The van der Waals surface area contributed by atoms with Crippen LogP contribution in [0, 0.1) is 0 Å². The maximum Gasteiger partial charge on any atom is 0.249 e. The Bertz CT molecular complexity index is 550. The molecule has 4 heteroatoms. The third-order valence-electron chi connectivity index (χ3n) is 4.54. The minimum atomic E-state index is -0.246. The second kappa shape index (κ2) is 5.51. The van der Waals surface area contributed by atoms with E-state index in [4.69, 9.17) is 0 Å². The highest BCUT2D eigenvalue weighted by Gasteiger charge is 2.39. The van der Waals surface area contributed by atoms with Crippen LogP contribution in [0.15, 0.2) is 24.3 Å². The molecule has 21 heavy (non-hydrogen) atoms. The van der Waals surface area contributed by atoms with Gasteiger partial charge in [-0.2, -0.15) is 0 Å². The molecular formula is C17H22N2O2. The molecule has 4 nitrogen and oxygen atoms in total. The molecule has 0 radical (unpaired) electrons. The lowest BCUT2D eigenvalue weighted by atomic mass is 10.0. The largest absolute Gasteiger partial charge is 0.331 e. The Hall–Kier alpha value is -1.84. The Balaban J connectivity index is 1.87. The number of hydrogen-bond acceptors (Lipinski definition) is 2. The SMILES string of the molecule is CC(C)c1ccc(N2CCC(=O)N3CCCC3C2=O)cc1. The molecule has 2 amide bonds. The molecule has 2 aliphatic heterocycles. The number of hydrogen-bond donors (Lipinski definition) is 0. The van der Waals surface area contributed by atoms with Crippen LogP contribution in [-0.2, 0) is 9.59 Å². The first-order valence-electron chi connectivity index (χ1n) is 7.78. The van der Waals surface area contributed by atoms with Gasteiger partial charge in [-0.05, 0) is 36.5 Å². The molecule has 3 rings (SSSR count). The number of rotatable bonds is 2. The Morgan fingerprint density at radius 2 is 1.81 bits per heavy atom. The van der Waals surface area contributed by atoms with Gasteiger partial charge in [0.25, 0.3) is 0 Å². The first-order valence-corrected chi connectivity index (χ1v) is 7.78. The summed E-state index contributed by atoms with van der Waals surface area (Å²) in [5.74, 6) is 0.675. The summed E-state index contributed by atoms with van der Waals surface area (Å²) in [4.78, 5) is 28.4. The van der Waals surface area contributed by atoms with Gasteiger partial charge in [-0.25, -0.2) is 0 Å². The fourth-order valence-electron chi connectivity index (χ4n) is 3.26. The fraction of sp³-hybridized carbons (Fsp3) is 0.529. The van der Waals surface area contributed by atoms with E-state index in [1.54, 1.807) is 9.80 Å². The van der Waals surface area contributed by atoms with E-state index in [1.165, 1.54) is 5.56 Å². The van der Waals surface area contributed by atoms with Crippen molar-refractivity contribution in [3.63, 3.8) is 0 Å². The number of nitrogens with zero attached hydrogens (tertiary/aromatic N) is 2. The maximum atomic E-state index is 12.7. The Morgan fingerprint density at radius 3 is 2.48 bits per heavy atom. The molecule has 1 aromatic carbocycles. The van der Waals surface area contributed by atoms with Gasteiger partial charge in [0.1, 0.15) is 6.04 Å². The van der Waals surface area contributed by atoms with Gasteiger partial charge in [0, 0.05) is 25.2 Å². The lowest BCUT2D eigenvalue weighted by molar-refractivity contribution is -0.135. The number of anilines is 1. The van der Waals surface area contributed by atoms with Crippen molar-refractivity contribution in [1.82, 2.24) is 4.90 Å². The lowest BCUT2D eigenvalue weighted by Gasteiger charge is -2.25. The highest BCUT2D eigenvalue weighted by atomic mass is 16.2. The van der Waals surface area contributed by atoms with Crippen LogP contribution in [0.25, 0.3) is 0 Å². The first kappa shape index (κ1) is 14.1. The molecule has 1 atom stereocenters. The summed E-state index contributed by atoms with van der Waals surface area (Å²) in [6.45, 7) is 5.53. The van der Waals surface area contributed by atoms with E-state index in [9.17, 15) is 9.59 Å². The van der Waals surface area contributed by atoms with Crippen LogP contribution >= 0.6 is 0 Å². The second-order valence-electron chi connectivity index (χ2n) is 6.23. The van der Waals surface area contributed by atoms with Crippen molar-refractivity contribution >= 4 is 17.5 Å². The zero-order chi connectivity index (χ0) is 15.0. The predicted octanol–water partition coefficient (Wildman–Crippen LogP) is 2.54. The van der Waals surface area contributed by atoms with Crippen LogP contribution in [0.1, 0.15) is 44.6 Å². The topological polar surface area (TPSA) is 40.6 Å². The summed E-state index contributed by atoms with van der Waals surface area (Å²) in [6, 6.07) is 7.91. The van der Waals surface area contributed by atoms with E-state index in [0.717, 1.165) is 25.1 Å². The second-order valence-corrected chi connectivity index (χ2v) is 6.23. The molecule has 0 aliphatic carbocycles. The minimum Gasteiger partial charge on any atom is -0.331 e. The predicted molar refractivity (Wildman–Crippen MR) is 82.2 cm³/mol. The van der Waals surface area contributed by atoms with E-state index in [1.807, 2.05) is 12.1 Å². The van der Waals surface area contributed by atoms with E-state index in [-0.39, 0.29) is 17.9 Å². The summed E-state index contributed by atoms with van der Waals surface area (Å²) in [5.41, 5.74) is 2.17. The van der Waals surface area contributed by atoms with Gasteiger partial charge in [0.2, 0.25) is 11.8 Å². The van der Waals surface area contributed by atoms with E-state index >= 15 is 0 Å². The minimum absolute atomic E-state index is 0.0793. The van der Waals surface area contributed by atoms with Crippen molar-refractivity contribution < 1.29 is 9.59 Å². The average molecular weight is 286 g/mol. The van der Waals surface area contributed by atoms with Gasteiger partial charge in [0.05, 0.1) is 0 Å². The van der Waals surface area contributed by atoms with Crippen molar-refractivity contribution in [2.45, 2.75) is 45.1 Å². The molecule has 0 N–H and O–H groups in total. The number of amides is 2. The third-order valence-corrected chi connectivity index (χ3v) is 4.54. The summed E-state index contributed by atoms with van der Waals surface area (Å²) in [7, 11) is 0. The summed E-state index contributed by atoms with van der Waals surface area (Å²) < 4.78 is 0. The van der Waals surface area contributed by atoms with Crippen molar-refractivity contribution in [3.8, 4) is 0 Å². The maximum absolute atomic E-state index is 12.7. The Morgan fingerprint density at radius 1 is 1.10 bits per heavy atom. The standard InChI is InChI=1S/C17H22N2O2/c1-12(2)13-5-7-14(8-6-13)18-11-9-16(20)19-10-3-4-15(19)17(18)21/h5-8,12,15H,3-4,9-11H2,1-2H3. The summed E-state index contributed by atoms with van der Waals surface area (Å²) in [6.07, 6.45) is 2.15. The molecule has 2 aliphatic rings. The van der Waals surface area contributed by atoms with E-state index < -0.39 is 0 Å². The molecule has 1 unspecified atom stereocenters. The monoisotopic (exact) mass is 286 g/mol. The van der Waals surface area contributed by atoms with Gasteiger partial charge in [-0.15, -0.1) is 0 Å². The third kappa shape index (κ3) is 2.55. The van der Waals surface area contributed by atoms with Gasteiger partial charge in [-0.1, -0.05) is 26.0 Å². The molecule has 0 bridgehead atoms. The number of benzene rings is 1. The fourth-order valence-corrected chi connectivity index (χ4v) is 3.26. The average Bonchev–Trinajstić information content (AvgIpc) is 2.93. The summed E-state index contributed by atoms with van der Waals surface area (Å²) >= 11 is 0. The van der Waals surface area contributed by atoms with Crippen LogP contribution in [0.5, 0.6) is 0 Å². The smallest absolute Gasteiger partial charge is 0.249 e. The normalized spacial score (nSPS) is 22.7. The van der Waals surface area contributed by atoms with Gasteiger partial charge in [0.15, 0.2) is 0 Å². The van der Waals surface area contributed by atoms with Crippen molar-refractivity contribution in [2.75, 3.05) is 18.0 Å². The van der Waals surface area contributed by atoms with Gasteiger partial charge >= 0.3 is 0 Å². The first-order chi connectivity index (χ1) is 10.1. The van der Waals surface area contributed by atoms with Crippen LogP contribution in [-0.4, -0.2) is 35.8 Å². The number of fused-ring (bicyclic) bond motifs is 1. The molecular weight excluding hydrogens is 264 g/mol. The summed E-state index contributed by atoms with van der Waals surface area (Å²) in [5, 5.41) is 0. The van der Waals surface area contributed by atoms with Gasteiger partial charge in [-0.3, -0.25) is 9.59 Å². The van der Waals surface area contributed by atoms with Crippen LogP contribution in [0.4, 0.5) is 5.69 Å². The molecule has 0 spiro atoms. The highest BCUT2D eigenvalue weighted by Crippen LogP contribution is 2.27.